The largest absolute Gasteiger partial charge is 0.362 e. The topological polar surface area (TPSA) is 37.0 Å². The summed E-state index contributed by atoms with van der Waals surface area (Å²) in [5.41, 5.74) is 0.967. The Morgan fingerprint density at radius 3 is 2.86 bits per heavy atom. The molecular formula is C10H19N3S. The highest BCUT2D eigenvalue weighted by Crippen LogP contribution is 2.02. The highest BCUT2D eigenvalue weighted by molar-refractivity contribution is 7.80. The first-order valence-corrected chi connectivity index (χ1v) is 5.18. The van der Waals surface area contributed by atoms with Gasteiger partial charge in [-0.05, 0) is 30.8 Å². The lowest BCUT2D eigenvalue weighted by atomic mass is 10.3. The fraction of sp³-hybridized carbons (Fsp3) is 0.400. The molecule has 4 heteroatoms. The molecule has 0 aromatic carbocycles. The molecule has 1 heterocycles. The van der Waals surface area contributed by atoms with Gasteiger partial charge < -0.3 is 10.6 Å². The normalized spacial score (nSPS) is 9.50. The van der Waals surface area contributed by atoms with Crippen LogP contribution in [0.5, 0.6) is 0 Å². The van der Waals surface area contributed by atoms with Gasteiger partial charge in [-0.2, -0.15) is 0 Å². The average Bonchev–Trinajstić information content (AvgIpc) is 2.20. The minimum absolute atomic E-state index is 0. The van der Waals surface area contributed by atoms with E-state index in [1.165, 1.54) is 6.42 Å². The lowest BCUT2D eigenvalue weighted by Gasteiger charge is -2.09. The summed E-state index contributed by atoms with van der Waals surface area (Å²) in [4.78, 5) is 3.92. The maximum absolute atomic E-state index is 5.11. The third-order valence-corrected chi connectivity index (χ3v) is 2.00. The van der Waals surface area contributed by atoms with E-state index in [-0.39, 0.29) is 2.85 Å². The van der Waals surface area contributed by atoms with Gasteiger partial charge in [-0.25, -0.2) is 0 Å². The summed E-state index contributed by atoms with van der Waals surface area (Å²) >= 11 is 5.11. The van der Waals surface area contributed by atoms with Crippen LogP contribution in [0.25, 0.3) is 0 Å². The van der Waals surface area contributed by atoms with E-state index in [0.717, 1.165) is 18.7 Å². The maximum atomic E-state index is 5.11. The molecule has 0 spiro atoms. The Morgan fingerprint density at radius 2 is 2.21 bits per heavy atom. The Hall–Kier alpha value is -1.16. The number of anilines is 1. The van der Waals surface area contributed by atoms with Gasteiger partial charge in [0.05, 0.1) is 0 Å². The minimum atomic E-state index is 0. The second-order valence-electron chi connectivity index (χ2n) is 2.97. The van der Waals surface area contributed by atoms with Gasteiger partial charge in [0.2, 0.25) is 0 Å². The number of thiocarbonyl (C=S) groups is 1. The summed E-state index contributed by atoms with van der Waals surface area (Å²) in [6, 6.07) is 3.77. The van der Waals surface area contributed by atoms with Crippen LogP contribution in [0.4, 0.5) is 5.69 Å². The van der Waals surface area contributed by atoms with Crippen LogP contribution in [0.15, 0.2) is 24.5 Å². The van der Waals surface area contributed by atoms with Gasteiger partial charge in [-0.1, -0.05) is 13.3 Å². The van der Waals surface area contributed by atoms with Gasteiger partial charge in [0.25, 0.3) is 0 Å². The number of unbranched alkanes of at least 4 members (excludes halogenated alkanes) is 1. The molecule has 1 rings (SSSR count). The van der Waals surface area contributed by atoms with Gasteiger partial charge in [0.15, 0.2) is 5.11 Å². The summed E-state index contributed by atoms with van der Waals surface area (Å²) in [5, 5.41) is 6.88. The number of hydrogen-bond acceptors (Lipinski definition) is 2. The molecule has 3 nitrogen and oxygen atoms in total. The van der Waals surface area contributed by atoms with Crippen LogP contribution in [0.2, 0.25) is 0 Å². The van der Waals surface area contributed by atoms with Gasteiger partial charge in [-0.3, -0.25) is 4.98 Å². The number of rotatable bonds is 4. The molecule has 0 amide bonds. The van der Waals surface area contributed by atoms with Crippen LogP contribution in [-0.2, 0) is 0 Å². The minimum Gasteiger partial charge on any atom is -0.362 e. The predicted molar refractivity (Wildman–Crippen MR) is 67.6 cm³/mol. The van der Waals surface area contributed by atoms with Crippen LogP contribution in [-0.4, -0.2) is 16.6 Å². The van der Waals surface area contributed by atoms with Gasteiger partial charge >= 0.3 is 0 Å². The van der Waals surface area contributed by atoms with Crippen molar-refractivity contribution in [1.82, 2.24) is 10.3 Å². The quantitative estimate of drug-likeness (QED) is 0.595. The molecule has 0 saturated carbocycles. The van der Waals surface area contributed by atoms with E-state index in [1.807, 2.05) is 12.1 Å². The SMILES string of the molecule is CCCCNC(=S)Nc1ccncc1.[HH].[HH]. The second-order valence-corrected chi connectivity index (χ2v) is 3.38. The molecule has 0 radical (unpaired) electrons. The number of pyridine rings is 1. The molecule has 0 aliphatic heterocycles. The first-order valence-electron chi connectivity index (χ1n) is 4.78. The van der Waals surface area contributed by atoms with E-state index in [0.29, 0.717) is 5.11 Å². The monoisotopic (exact) mass is 213 g/mol. The summed E-state index contributed by atoms with van der Waals surface area (Å²) in [5.74, 6) is 0. The highest BCUT2D eigenvalue weighted by atomic mass is 32.1. The van der Waals surface area contributed by atoms with E-state index < -0.39 is 0 Å². The average molecular weight is 213 g/mol. The molecule has 1 aromatic heterocycles. The number of nitrogens with zero attached hydrogens (tertiary/aromatic N) is 1. The van der Waals surface area contributed by atoms with Gasteiger partial charge in [0, 0.05) is 27.5 Å². The molecule has 0 bridgehead atoms. The number of hydrogen-bond donors (Lipinski definition) is 2. The zero-order chi connectivity index (χ0) is 10.2. The van der Waals surface area contributed by atoms with Crippen molar-refractivity contribution in [3.8, 4) is 0 Å². The maximum Gasteiger partial charge on any atom is 0.170 e. The molecule has 0 saturated heterocycles. The number of nitrogens with one attached hydrogen (secondary N) is 2. The smallest absolute Gasteiger partial charge is 0.170 e. The summed E-state index contributed by atoms with van der Waals surface area (Å²) in [6.07, 6.45) is 5.77. The molecule has 1 aromatic rings. The third-order valence-electron chi connectivity index (χ3n) is 1.75. The molecule has 2 N–H and O–H groups in total. The van der Waals surface area contributed by atoms with Crippen molar-refractivity contribution < 1.29 is 2.85 Å². The standard InChI is InChI=1S/C10H15N3S.2H2/c1-2-3-6-12-10(14)13-9-4-7-11-8-5-9;;/h4-5,7-8H,2-3,6H2,1H3,(H2,11,12,13,14);2*1H. The molecule has 0 unspecified atom stereocenters. The Balaban J connectivity index is 0. The molecule has 80 valence electrons. The van der Waals surface area contributed by atoms with Crippen molar-refractivity contribution in [1.29, 1.82) is 0 Å². The van der Waals surface area contributed by atoms with E-state index in [2.05, 4.69) is 22.5 Å². The van der Waals surface area contributed by atoms with Gasteiger partial charge in [0.1, 0.15) is 0 Å². The number of aromatic nitrogens is 1. The summed E-state index contributed by atoms with van der Waals surface area (Å²) in [7, 11) is 0. The second kappa shape index (κ2) is 6.32. The summed E-state index contributed by atoms with van der Waals surface area (Å²) < 4.78 is 0. The first kappa shape index (κ1) is 10.9. The predicted octanol–water partition coefficient (Wildman–Crippen LogP) is 2.66. The van der Waals surface area contributed by atoms with Crippen molar-refractivity contribution in [3.63, 3.8) is 0 Å². The van der Waals surface area contributed by atoms with Crippen molar-refractivity contribution in [2.75, 3.05) is 11.9 Å². The lowest BCUT2D eigenvalue weighted by Crippen LogP contribution is -2.29. The third kappa shape index (κ3) is 4.18. The molecular weight excluding hydrogens is 194 g/mol. The van der Waals surface area contributed by atoms with E-state index in [4.69, 9.17) is 12.2 Å². The fourth-order valence-electron chi connectivity index (χ4n) is 0.989. The van der Waals surface area contributed by atoms with Crippen molar-refractivity contribution >= 4 is 23.0 Å². The first-order chi connectivity index (χ1) is 6.83. The molecule has 0 atom stereocenters. The van der Waals surface area contributed by atoms with Gasteiger partial charge in [-0.15, -0.1) is 0 Å². The highest BCUT2D eigenvalue weighted by Gasteiger charge is 1.94. The zero-order valence-electron chi connectivity index (χ0n) is 8.29. The Bertz CT molecular complexity index is 283. The van der Waals surface area contributed by atoms with Crippen LogP contribution >= 0.6 is 12.2 Å². The van der Waals surface area contributed by atoms with Crippen molar-refractivity contribution in [3.05, 3.63) is 24.5 Å². The fourth-order valence-corrected chi connectivity index (χ4v) is 1.21. The Morgan fingerprint density at radius 1 is 1.50 bits per heavy atom. The molecule has 14 heavy (non-hydrogen) atoms. The Kier molecular flexibility index (Phi) is 4.93. The molecule has 0 fully saturated rings. The van der Waals surface area contributed by atoms with E-state index >= 15 is 0 Å². The molecule has 0 aliphatic rings. The summed E-state index contributed by atoms with van der Waals surface area (Å²) in [6.45, 7) is 3.08. The van der Waals surface area contributed by atoms with Crippen LogP contribution in [0.1, 0.15) is 22.6 Å². The van der Waals surface area contributed by atoms with E-state index in [9.17, 15) is 0 Å². The Labute approximate surface area is 92.9 Å². The zero-order valence-corrected chi connectivity index (χ0v) is 9.10. The van der Waals surface area contributed by atoms with Crippen molar-refractivity contribution in [2.45, 2.75) is 19.8 Å². The molecule has 0 aliphatic carbocycles. The van der Waals surface area contributed by atoms with E-state index in [1.54, 1.807) is 12.4 Å². The lowest BCUT2D eigenvalue weighted by molar-refractivity contribution is 0.758. The van der Waals surface area contributed by atoms with Crippen molar-refractivity contribution in [2.24, 2.45) is 0 Å². The van der Waals surface area contributed by atoms with Crippen LogP contribution in [0, 0.1) is 0 Å². The van der Waals surface area contributed by atoms with Crippen LogP contribution in [0.3, 0.4) is 0 Å². The van der Waals surface area contributed by atoms with Crippen LogP contribution < -0.4 is 10.6 Å².